The van der Waals surface area contributed by atoms with Crippen LogP contribution in [0.15, 0.2) is 41.4 Å². The Labute approximate surface area is 146 Å². The van der Waals surface area contributed by atoms with Crippen LogP contribution in [0.2, 0.25) is 0 Å². The molecule has 0 amide bonds. The van der Waals surface area contributed by atoms with Crippen LogP contribution < -0.4 is 11.1 Å². The van der Waals surface area contributed by atoms with Gasteiger partial charge in [0.25, 0.3) is 0 Å². The Morgan fingerprint density at radius 2 is 1.79 bits per heavy atom. The number of rotatable bonds is 6. The van der Waals surface area contributed by atoms with Crippen LogP contribution in [0.5, 0.6) is 0 Å². The van der Waals surface area contributed by atoms with Crippen molar-refractivity contribution in [2.24, 2.45) is 22.6 Å². The van der Waals surface area contributed by atoms with Crippen molar-refractivity contribution >= 4 is 5.96 Å². The summed E-state index contributed by atoms with van der Waals surface area (Å²) in [6.45, 7) is 15.2. The maximum Gasteiger partial charge on any atom is 0.189 e. The lowest BCUT2D eigenvalue weighted by Gasteiger charge is -2.35. The van der Waals surface area contributed by atoms with E-state index in [2.05, 4.69) is 59.9 Å². The number of piperidine rings is 1. The number of aliphatic imine (C=N–C) groups is 1. The first-order valence-electron chi connectivity index (χ1n) is 8.90. The molecule has 1 saturated heterocycles. The SMILES string of the molecule is C=C(C)CNC(N)=NCc1ccc(CN2CC(C)CC(C)C2)cc1. The van der Waals surface area contributed by atoms with Gasteiger partial charge < -0.3 is 11.1 Å². The largest absolute Gasteiger partial charge is 0.370 e. The first-order valence-corrected chi connectivity index (χ1v) is 8.90. The molecule has 1 heterocycles. The van der Waals surface area contributed by atoms with Crippen molar-refractivity contribution in [2.45, 2.75) is 40.3 Å². The molecular weight excluding hydrogens is 296 g/mol. The Bertz CT molecular complexity index is 552. The monoisotopic (exact) mass is 328 g/mol. The number of benzene rings is 1. The molecule has 1 aromatic rings. The average Bonchev–Trinajstić information content (AvgIpc) is 2.51. The van der Waals surface area contributed by atoms with Gasteiger partial charge in [-0.3, -0.25) is 4.90 Å². The van der Waals surface area contributed by atoms with E-state index in [9.17, 15) is 0 Å². The van der Waals surface area contributed by atoms with Gasteiger partial charge in [0.15, 0.2) is 5.96 Å². The summed E-state index contributed by atoms with van der Waals surface area (Å²) in [4.78, 5) is 6.94. The van der Waals surface area contributed by atoms with Crippen LogP contribution >= 0.6 is 0 Å². The second-order valence-corrected chi connectivity index (χ2v) is 7.47. The maximum absolute atomic E-state index is 5.84. The Kier molecular flexibility index (Phi) is 6.85. The topological polar surface area (TPSA) is 53.6 Å². The minimum absolute atomic E-state index is 0.471. The second-order valence-electron chi connectivity index (χ2n) is 7.47. The second kappa shape index (κ2) is 8.88. The zero-order chi connectivity index (χ0) is 17.5. The third-order valence-electron chi connectivity index (χ3n) is 4.38. The summed E-state index contributed by atoms with van der Waals surface area (Å²) < 4.78 is 0. The lowest BCUT2D eigenvalue weighted by molar-refractivity contribution is 0.134. The molecule has 0 aromatic heterocycles. The highest BCUT2D eigenvalue weighted by Gasteiger charge is 2.21. The summed E-state index contributed by atoms with van der Waals surface area (Å²) in [6.07, 6.45) is 1.36. The lowest BCUT2D eigenvalue weighted by Crippen LogP contribution is -2.38. The third kappa shape index (κ3) is 6.36. The first kappa shape index (κ1) is 18.5. The quantitative estimate of drug-likeness (QED) is 0.479. The van der Waals surface area contributed by atoms with Crippen molar-refractivity contribution in [3.8, 4) is 0 Å². The van der Waals surface area contributed by atoms with Gasteiger partial charge in [0.2, 0.25) is 0 Å². The minimum Gasteiger partial charge on any atom is -0.370 e. The molecule has 0 saturated carbocycles. The van der Waals surface area contributed by atoms with Gasteiger partial charge in [-0.25, -0.2) is 4.99 Å². The van der Waals surface area contributed by atoms with E-state index >= 15 is 0 Å². The molecule has 1 aliphatic heterocycles. The maximum atomic E-state index is 5.84. The van der Waals surface area contributed by atoms with Crippen molar-refractivity contribution in [3.05, 3.63) is 47.5 Å². The Morgan fingerprint density at radius 3 is 2.38 bits per heavy atom. The van der Waals surface area contributed by atoms with Gasteiger partial charge in [0, 0.05) is 26.2 Å². The van der Waals surface area contributed by atoms with Crippen LogP contribution in [-0.4, -0.2) is 30.5 Å². The summed E-state index contributed by atoms with van der Waals surface area (Å²) >= 11 is 0. The number of likely N-dealkylation sites (tertiary alicyclic amines) is 1. The van der Waals surface area contributed by atoms with Gasteiger partial charge in [0.05, 0.1) is 6.54 Å². The Hall–Kier alpha value is -1.81. The fraction of sp³-hybridized carbons (Fsp3) is 0.550. The standard InChI is InChI=1S/C20H32N4/c1-15(2)10-22-20(21)23-11-18-5-7-19(8-6-18)14-24-12-16(3)9-17(4)13-24/h5-8,16-17H,1,9-14H2,2-4H3,(H3,21,22,23). The molecule has 132 valence electrons. The molecule has 0 radical (unpaired) electrons. The van der Waals surface area contributed by atoms with Crippen molar-refractivity contribution in [1.29, 1.82) is 0 Å². The highest BCUT2D eigenvalue weighted by atomic mass is 15.1. The van der Waals surface area contributed by atoms with E-state index in [1.165, 1.54) is 30.6 Å². The molecule has 1 fully saturated rings. The highest BCUT2D eigenvalue weighted by molar-refractivity contribution is 5.78. The molecule has 4 heteroatoms. The zero-order valence-corrected chi connectivity index (χ0v) is 15.4. The van der Waals surface area contributed by atoms with Gasteiger partial charge in [-0.15, -0.1) is 0 Å². The third-order valence-corrected chi connectivity index (χ3v) is 4.38. The lowest BCUT2D eigenvalue weighted by atomic mass is 9.91. The predicted molar refractivity (Wildman–Crippen MR) is 103 cm³/mol. The van der Waals surface area contributed by atoms with Crippen LogP contribution in [-0.2, 0) is 13.1 Å². The van der Waals surface area contributed by atoms with Gasteiger partial charge in [-0.1, -0.05) is 50.3 Å². The summed E-state index contributed by atoms with van der Waals surface area (Å²) in [6, 6.07) is 8.74. The number of hydrogen-bond acceptors (Lipinski definition) is 2. The Balaban J connectivity index is 1.84. The summed E-state index contributed by atoms with van der Waals surface area (Å²) in [5.74, 6) is 2.08. The summed E-state index contributed by atoms with van der Waals surface area (Å²) in [5, 5.41) is 3.05. The number of nitrogens with two attached hydrogens (primary N) is 1. The van der Waals surface area contributed by atoms with Gasteiger partial charge >= 0.3 is 0 Å². The van der Waals surface area contributed by atoms with Crippen LogP contribution in [0, 0.1) is 11.8 Å². The summed E-state index contributed by atoms with van der Waals surface area (Å²) in [7, 11) is 0. The van der Waals surface area contributed by atoms with E-state index in [-0.39, 0.29) is 0 Å². The van der Waals surface area contributed by atoms with Gasteiger partial charge in [0.1, 0.15) is 0 Å². The Morgan fingerprint density at radius 1 is 1.21 bits per heavy atom. The molecule has 0 spiro atoms. The van der Waals surface area contributed by atoms with Crippen LogP contribution in [0.25, 0.3) is 0 Å². The molecule has 2 atom stereocenters. The first-order chi connectivity index (χ1) is 11.4. The van der Waals surface area contributed by atoms with Crippen molar-refractivity contribution in [1.82, 2.24) is 10.2 Å². The van der Waals surface area contributed by atoms with E-state index in [4.69, 9.17) is 5.73 Å². The summed E-state index contributed by atoms with van der Waals surface area (Å²) in [5.41, 5.74) is 9.43. The van der Waals surface area contributed by atoms with Crippen LogP contribution in [0.4, 0.5) is 0 Å². The van der Waals surface area contributed by atoms with E-state index in [0.29, 0.717) is 19.0 Å². The fourth-order valence-electron chi connectivity index (χ4n) is 3.40. The molecule has 1 aliphatic rings. The molecule has 0 bridgehead atoms. The molecule has 0 aliphatic carbocycles. The smallest absolute Gasteiger partial charge is 0.189 e. The molecule has 2 unspecified atom stereocenters. The number of guanidine groups is 1. The van der Waals surface area contributed by atoms with Gasteiger partial charge in [-0.2, -0.15) is 0 Å². The average molecular weight is 329 g/mol. The number of nitrogens with one attached hydrogen (secondary N) is 1. The zero-order valence-electron chi connectivity index (χ0n) is 15.4. The highest BCUT2D eigenvalue weighted by Crippen LogP contribution is 2.22. The van der Waals surface area contributed by atoms with Crippen molar-refractivity contribution < 1.29 is 0 Å². The predicted octanol–water partition coefficient (Wildman–Crippen LogP) is 3.14. The van der Waals surface area contributed by atoms with E-state index in [0.717, 1.165) is 24.0 Å². The fourth-order valence-corrected chi connectivity index (χ4v) is 3.40. The van der Waals surface area contributed by atoms with E-state index in [1.807, 2.05) is 6.92 Å². The van der Waals surface area contributed by atoms with E-state index < -0.39 is 0 Å². The number of hydrogen-bond donors (Lipinski definition) is 2. The van der Waals surface area contributed by atoms with E-state index in [1.54, 1.807) is 0 Å². The van der Waals surface area contributed by atoms with Gasteiger partial charge in [-0.05, 0) is 36.3 Å². The van der Waals surface area contributed by atoms with Crippen molar-refractivity contribution in [2.75, 3.05) is 19.6 Å². The molecule has 3 N–H and O–H groups in total. The molecule has 1 aromatic carbocycles. The number of nitrogens with zero attached hydrogens (tertiary/aromatic N) is 2. The van der Waals surface area contributed by atoms with Crippen molar-refractivity contribution in [3.63, 3.8) is 0 Å². The molecular formula is C20H32N4. The molecule has 4 nitrogen and oxygen atoms in total. The minimum atomic E-state index is 0.471. The van der Waals surface area contributed by atoms with Crippen LogP contribution in [0.1, 0.15) is 38.3 Å². The normalized spacial score (nSPS) is 22.4. The molecule has 2 rings (SSSR count). The molecule has 24 heavy (non-hydrogen) atoms. The van der Waals surface area contributed by atoms with Crippen LogP contribution in [0.3, 0.4) is 0 Å².